The van der Waals surface area contributed by atoms with Gasteiger partial charge < -0.3 is 5.32 Å². The number of hydrogen-bond acceptors (Lipinski definition) is 5. The second kappa shape index (κ2) is 7.90. The maximum Gasteiger partial charge on any atom is 0.221 e. The second-order valence-corrected chi connectivity index (χ2v) is 6.51. The molecule has 1 N–H and O–H groups in total. The third-order valence-electron chi connectivity index (χ3n) is 3.45. The third-order valence-corrected chi connectivity index (χ3v) is 4.38. The van der Waals surface area contributed by atoms with Gasteiger partial charge >= 0.3 is 0 Å². The molecule has 1 amide bonds. The van der Waals surface area contributed by atoms with Crippen molar-refractivity contribution in [3.8, 4) is 11.4 Å². The number of carbonyl (C=O) groups is 1. The Kier molecular flexibility index (Phi) is 5.40. The first-order valence-electron chi connectivity index (χ1n) is 7.98. The predicted molar refractivity (Wildman–Crippen MR) is 99.5 cm³/mol. The number of nitrogens with zero attached hydrogens (tertiary/aromatic N) is 3. The molecule has 0 aliphatic carbocycles. The molecule has 0 spiro atoms. The Balaban J connectivity index is 1.85. The summed E-state index contributed by atoms with van der Waals surface area (Å²) in [5, 5.41) is 3.66. The molecule has 6 heteroatoms. The molecule has 0 aliphatic heterocycles. The van der Waals surface area contributed by atoms with E-state index in [0.29, 0.717) is 5.82 Å². The summed E-state index contributed by atoms with van der Waals surface area (Å²) in [6.45, 7) is 3.58. The summed E-state index contributed by atoms with van der Waals surface area (Å²) in [7, 11) is 0. The summed E-state index contributed by atoms with van der Waals surface area (Å²) in [5.74, 6) is 0.630. The molecule has 0 saturated carbocycles. The number of aromatic nitrogens is 3. The van der Waals surface area contributed by atoms with Crippen molar-refractivity contribution in [2.45, 2.75) is 30.2 Å². The third kappa shape index (κ3) is 4.64. The monoisotopic (exact) mass is 350 g/mol. The maximum absolute atomic E-state index is 11.1. The van der Waals surface area contributed by atoms with Crippen molar-refractivity contribution in [2.24, 2.45) is 0 Å². The highest BCUT2D eigenvalue weighted by Gasteiger charge is 2.08. The quantitative estimate of drug-likeness (QED) is 0.698. The van der Waals surface area contributed by atoms with Gasteiger partial charge in [-0.3, -0.25) is 9.78 Å². The highest BCUT2D eigenvalue weighted by Crippen LogP contribution is 2.29. The lowest BCUT2D eigenvalue weighted by atomic mass is 10.2. The van der Waals surface area contributed by atoms with Gasteiger partial charge in [-0.25, -0.2) is 9.97 Å². The average molecular weight is 350 g/mol. The van der Waals surface area contributed by atoms with Crippen molar-refractivity contribution >= 4 is 23.4 Å². The van der Waals surface area contributed by atoms with Crippen LogP contribution in [0.2, 0.25) is 0 Å². The number of carbonyl (C=O) groups excluding carboxylic acids is 1. The van der Waals surface area contributed by atoms with Crippen LogP contribution in [0.25, 0.3) is 11.4 Å². The smallest absolute Gasteiger partial charge is 0.221 e. The van der Waals surface area contributed by atoms with Crippen molar-refractivity contribution < 1.29 is 4.79 Å². The van der Waals surface area contributed by atoms with Crippen molar-refractivity contribution in [3.05, 3.63) is 60.6 Å². The van der Waals surface area contributed by atoms with Crippen LogP contribution < -0.4 is 5.32 Å². The average Bonchev–Trinajstić information content (AvgIpc) is 2.63. The van der Waals surface area contributed by atoms with Gasteiger partial charge in [-0.1, -0.05) is 18.7 Å². The van der Waals surface area contributed by atoms with E-state index in [1.165, 1.54) is 6.92 Å². The van der Waals surface area contributed by atoms with Crippen molar-refractivity contribution in [2.75, 3.05) is 5.32 Å². The number of anilines is 1. The zero-order valence-electron chi connectivity index (χ0n) is 14.1. The summed E-state index contributed by atoms with van der Waals surface area (Å²) >= 11 is 1.57. The SMILES string of the molecule is CCc1cc(Sc2ccc(NC(C)=O)cc2)nc(-c2ccncc2)n1. The molecule has 1 aromatic carbocycles. The van der Waals surface area contributed by atoms with E-state index in [-0.39, 0.29) is 5.91 Å². The number of benzene rings is 1. The minimum atomic E-state index is -0.0780. The minimum Gasteiger partial charge on any atom is -0.326 e. The molecule has 0 radical (unpaired) electrons. The molecule has 2 heterocycles. The van der Waals surface area contributed by atoms with Crippen molar-refractivity contribution in [3.63, 3.8) is 0 Å². The van der Waals surface area contributed by atoms with E-state index in [2.05, 4.69) is 27.2 Å². The number of pyridine rings is 1. The van der Waals surface area contributed by atoms with E-state index in [1.807, 2.05) is 42.5 Å². The molecule has 0 atom stereocenters. The zero-order chi connectivity index (χ0) is 17.6. The fourth-order valence-corrected chi connectivity index (χ4v) is 3.11. The molecule has 0 saturated heterocycles. The van der Waals surface area contributed by atoms with Gasteiger partial charge in [0.2, 0.25) is 5.91 Å². The number of nitrogens with one attached hydrogen (secondary N) is 1. The van der Waals surface area contributed by atoms with E-state index >= 15 is 0 Å². The van der Waals surface area contributed by atoms with Gasteiger partial charge in [0, 0.05) is 41.2 Å². The van der Waals surface area contributed by atoms with E-state index in [0.717, 1.165) is 33.3 Å². The lowest BCUT2D eigenvalue weighted by molar-refractivity contribution is -0.114. The number of rotatable bonds is 5. The Hall–Kier alpha value is -2.73. The normalized spacial score (nSPS) is 10.5. The van der Waals surface area contributed by atoms with E-state index in [9.17, 15) is 4.79 Å². The van der Waals surface area contributed by atoms with Gasteiger partial charge in [-0.15, -0.1) is 0 Å². The van der Waals surface area contributed by atoms with E-state index in [4.69, 9.17) is 0 Å². The molecule has 0 fully saturated rings. The lowest BCUT2D eigenvalue weighted by Gasteiger charge is -2.08. The first-order valence-corrected chi connectivity index (χ1v) is 8.79. The highest BCUT2D eigenvalue weighted by atomic mass is 32.2. The molecular weight excluding hydrogens is 332 g/mol. The van der Waals surface area contributed by atoms with Gasteiger partial charge in [0.15, 0.2) is 5.82 Å². The van der Waals surface area contributed by atoms with Crippen LogP contribution in [0.15, 0.2) is 64.8 Å². The summed E-state index contributed by atoms with van der Waals surface area (Å²) in [5.41, 5.74) is 2.73. The summed E-state index contributed by atoms with van der Waals surface area (Å²) in [4.78, 5) is 25.5. The van der Waals surface area contributed by atoms with Crippen LogP contribution >= 0.6 is 11.8 Å². The van der Waals surface area contributed by atoms with Crippen LogP contribution in [0.1, 0.15) is 19.5 Å². The molecule has 0 aliphatic rings. The van der Waals surface area contributed by atoms with Gasteiger partial charge in [0.1, 0.15) is 5.03 Å². The van der Waals surface area contributed by atoms with Gasteiger partial charge in [0.25, 0.3) is 0 Å². The summed E-state index contributed by atoms with van der Waals surface area (Å²) in [6.07, 6.45) is 4.32. The maximum atomic E-state index is 11.1. The first kappa shape index (κ1) is 17.1. The van der Waals surface area contributed by atoms with Crippen LogP contribution in [-0.4, -0.2) is 20.9 Å². The molecular formula is C19H18N4OS. The van der Waals surface area contributed by atoms with Crippen LogP contribution in [0, 0.1) is 0 Å². The van der Waals surface area contributed by atoms with Crippen molar-refractivity contribution in [1.29, 1.82) is 0 Å². The summed E-state index contributed by atoms with van der Waals surface area (Å²) < 4.78 is 0. The minimum absolute atomic E-state index is 0.0780. The first-order chi connectivity index (χ1) is 12.1. The molecule has 126 valence electrons. The van der Waals surface area contributed by atoms with Gasteiger partial charge in [-0.2, -0.15) is 0 Å². The molecule has 0 bridgehead atoms. The van der Waals surface area contributed by atoms with E-state index < -0.39 is 0 Å². The molecule has 5 nitrogen and oxygen atoms in total. The molecule has 0 unspecified atom stereocenters. The molecule has 3 aromatic rings. The summed E-state index contributed by atoms with van der Waals surface area (Å²) in [6, 6.07) is 13.5. The Morgan fingerprint density at radius 2 is 1.80 bits per heavy atom. The Morgan fingerprint density at radius 3 is 2.44 bits per heavy atom. The van der Waals surface area contributed by atoms with Crippen LogP contribution in [0.5, 0.6) is 0 Å². The number of amides is 1. The van der Waals surface area contributed by atoms with E-state index in [1.54, 1.807) is 24.2 Å². The second-order valence-electron chi connectivity index (χ2n) is 5.42. The van der Waals surface area contributed by atoms with Crippen LogP contribution in [0.3, 0.4) is 0 Å². The van der Waals surface area contributed by atoms with Crippen LogP contribution in [0.4, 0.5) is 5.69 Å². The molecule has 25 heavy (non-hydrogen) atoms. The fraction of sp³-hybridized carbons (Fsp3) is 0.158. The highest BCUT2D eigenvalue weighted by molar-refractivity contribution is 7.99. The molecule has 2 aromatic heterocycles. The number of aryl methyl sites for hydroxylation is 1. The topological polar surface area (TPSA) is 67.8 Å². The molecule has 3 rings (SSSR count). The Morgan fingerprint density at radius 1 is 1.08 bits per heavy atom. The van der Waals surface area contributed by atoms with Crippen LogP contribution in [-0.2, 0) is 11.2 Å². The Labute approximate surface area is 150 Å². The van der Waals surface area contributed by atoms with Gasteiger partial charge in [0.05, 0.1) is 0 Å². The number of hydrogen-bond donors (Lipinski definition) is 1. The lowest BCUT2D eigenvalue weighted by Crippen LogP contribution is -2.05. The van der Waals surface area contributed by atoms with Gasteiger partial charge in [-0.05, 0) is 48.9 Å². The zero-order valence-corrected chi connectivity index (χ0v) is 14.9. The van der Waals surface area contributed by atoms with Crippen molar-refractivity contribution in [1.82, 2.24) is 15.0 Å². The fourth-order valence-electron chi connectivity index (χ4n) is 2.27. The Bertz CT molecular complexity index is 866. The standard InChI is InChI=1S/C19H18N4OS/c1-3-15-12-18(23-19(22-15)14-8-10-20-11-9-14)25-17-6-4-16(5-7-17)21-13(2)24/h4-12H,3H2,1-2H3,(H,21,24). The largest absolute Gasteiger partial charge is 0.326 e. The predicted octanol–water partition coefficient (Wildman–Crippen LogP) is 4.21.